The van der Waals surface area contributed by atoms with Crippen molar-refractivity contribution in [3.8, 4) is 0 Å². The Kier molecular flexibility index (Phi) is 3.48. The highest BCUT2D eigenvalue weighted by Gasteiger charge is 2.56. The summed E-state index contributed by atoms with van der Waals surface area (Å²) in [5, 5.41) is 5.31. The SMILES string of the molecule is Cc1ccc(/C=N\N2C(=O)[C@@H]3[C@@H](C2=O)[C@@H]2C=C[C@@H]3CC2)cc1Br. The van der Waals surface area contributed by atoms with Crippen molar-refractivity contribution >= 4 is 34.0 Å². The normalized spacial score (nSPS) is 32.2. The molecular formula is C18H17BrN2O2. The van der Waals surface area contributed by atoms with Crippen LogP contribution < -0.4 is 0 Å². The summed E-state index contributed by atoms with van der Waals surface area (Å²) in [6.07, 6.45) is 7.83. The van der Waals surface area contributed by atoms with Crippen molar-refractivity contribution in [1.82, 2.24) is 5.01 Å². The van der Waals surface area contributed by atoms with E-state index in [1.807, 2.05) is 25.1 Å². The van der Waals surface area contributed by atoms with Gasteiger partial charge < -0.3 is 0 Å². The predicted molar refractivity (Wildman–Crippen MR) is 90.7 cm³/mol. The van der Waals surface area contributed by atoms with E-state index in [-0.39, 0.29) is 35.5 Å². The average molecular weight is 373 g/mol. The zero-order valence-electron chi connectivity index (χ0n) is 12.8. The fourth-order valence-corrected chi connectivity index (χ4v) is 4.38. The number of carbonyl (C=O) groups excluding carboxylic acids is 2. The van der Waals surface area contributed by atoms with Crippen LogP contribution in [0.4, 0.5) is 0 Å². The van der Waals surface area contributed by atoms with E-state index in [0.29, 0.717) is 0 Å². The summed E-state index contributed by atoms with van der Waals surface area (Å²) < 4.78 is 0.983. The monoisotopic (exact) mass is 372 g/mol. The quantitative estimate of drug-likeness (QED) is 0.454. The molecule has 3 aliphatic carbocycles. The van der Waals surface area contributed by atoms with E-state index in [1.165, 1.54) is 0 Å². The molecule has 0 unspecified atom stereocenters. The molecule has 0 aromatic heterocycles. The Morgan fingerprint density at radius 3 is 2.26 bits per heavy atom. The number of amides is 2. The Bertz CT molecular complexity index is 723. The van der Waals surface area contributed by atoms with E-state index in [1.54, 1.807) is 6.21 Å². The fraction of sp³-hybridized carbons (Fsp3) is 0.389. The Morgan fingerprint density at radius 1 is 1.13 bits per heavy atom. The van der Waals surface area contributed by atoms with Crippen LogP contribution in [0.15, 0.2) is 39.9 Å². The second kappa shape index (κ2) is 5.41. The molecule has 1 saturated carbocycles. The Morgan fingerprint density at radius 2 is 1.74 bits per heavy atom. The predicted octanol–water partition coefficient (Wildman–Crippen LogP) is 3.29. The van der Waals surface area contributed by atoms with E-state index >= 15 is 0 Å². The van der Waals surface area contributed by atoms with Crippen LogP contribution in [0.3, 0.4) is 0 Å². The van der Waals surface area contributed by atoms with Gasteiger partial charge in [0.1, 0.15) is 0 Å². The largest absolute Gasteiger partial charge is 0.272 e. The molecule has 4 aliphatic rings. The van der Waals surface area contributed by atoms with E-state index in [9.17, 15) is 9.59 Å². The topological polar surface area (TPSA) is 49.7 Å². The van der Waals surface area contributed by atoms with Crippen molar-refractivity contribution in [2.45, 2.75) is 19.8 Å². The van der Waals surface area contributed by atoms with Gasteiger partial charge in [0, 0.05) is 4.47 Å². The van der Waals surface area contributed by atoms with Gasteiger partial charge in [0.05, 0.1) is 18.1 Å². The van der Waals surface area contributed by atoms with E-state index in [2.05, 4.69) is 33.2 Å². The van der Waals surface area contributed by atoms with Crippen LogP contribution in [0.25, 0.3) is 0 Å². The summed E-state index contributed by atoms with van der Waals surface area (Å²) >= 11 is 3.48. The molecule has 2 bridgehead atoms. The van der Waals surface area contributed by atoms with Crippen LogP contribution in [-0.2, 0) is 9.59 Å². The van der Waals surface area contributed by atoms with Crippen LogP contribution in [-0.4, -0.2) is 23.0 Å². The van der Waals surface area contributed by atoms with Gasteiger partial charge in [-0.3, -0.25) is 9.59 Å². The molecule has 1 saturated heterocycles. The number of aryl methyl sites for hydroxylation is 1. The Labute approximate surface area is 143 Å². The van der Waals surface area contributed by atoms with E-state index < -0.39 is 0 Å². The van der Waals surface area contributed by atoms with Crippen molar-refractivity contribution in [1.29, 1.82) is 0 Å². The summed E-state index contributed by atoms with van der Waals surface area (Å²) in [5.74, 6) is -0.269. The van der Waals surface area contributed by atoms with Gasteiger partial charge in [0.25, 0.3) is 11.8 Å². The van der Waals surface area contributed by atoms with Crippen LogP contribution in [0.5, 0.6) is 0 Å². The molecule has 1 aromatic carbocycles. The molecule has 2 amide bonds. The number of hydrogen-bond donors (Lipinski definition) is 0. The van der Waals surface area contributed by atoms with Gasteiger partial charge in [-0.05, 0) is 48.8 Å². The number of hydrogen-bond acceptors (Lipinski definition) is 3. The second-order valence-electron chi connectivity index (χ2n) is 6.58. The van der Waals surface area contributed by atoms with Crippen molar-refractivity contribution in [3.63, 3.8) is 0 Å². The number of fused-ring (bicyclic) bond motifs is 1. The van der Waals surface area contributed by atoms with Gasteiger partial charge in [-0.1, -0.05) is 40.2 Å². The lowest BCUT2D eigenvalue weighted by Gasteiger charge is -2.37. The van der Waals surface area contributed by atoms with Crippen LogP contribution in [0, 0.1) is 30.6 Å². The third-order valence-electron chi connectivity index (χ3n) is 5.25. The lowest BCUT2D eigenvalue weighted by molar-refractivity contribution is -0.140. The van der Waals surface area contributed by atoms with Crippen LogP contribution in [0.1, 0.15) is 24.0 Å². The highest BCUT2D eigenvalue weighted by molar-refractivity contribution is 9.10. The molecular weight excluding hydrogens is 356 g/mol. The smallest absolute Gasteiger partial charge is 0.254 e. The number of carbonyl (C=O) groups is 2. The zero-order valence-corrected chi connectivity index (χ0v) is 14.4. The first kappa shape index (κ1) is 14.8. The number of nitrogens with zero attached hydrogens (tertiary/aromatic N) is 2. The van der Waals surface area contributed by atoms with Gasteiger partial charge in [0.15, 0.2) is 0 Å². The van der Waals surface area contributed by atoms with Crippen molar-refractivity contribution in [2.75, 3.05) is 0 Å². The van der Waals surface area contributed by atoms with Gasteiger partial charge in [-0.25, -0.2) is 0 Å². The second-order valence-corrected chi connectivity index (χ2v) is 7.44. The molecule has 0 N–H and O–H groups in total. The van der Waals surface area contributed by atoms with Gasteiger partial charge in [-0.2, -0.15) is 10.1 Å². The molecule has 4 nitrogen and oxygen atoms in total. The molecule has 118 valence electrons. The van der Waals surface area contributed by atoms with E-state index in [4.69, 9.17) is 0 Å². The van der Waals surface area contributed by atoms with Gasteiger partial charge in [-0.15, -0.1) is 0 Å². The molecule has 1 aromatic rings. The van der Waals surface area contributed by atoms with Gasteiger partial charge in [0.2, 0.25) is 0 Å². The third-order valence-corrected chi connectivity index (χ3v) is 6.11. The first-order valence-electron chi connectivity index (χ1n) is 7.92. The molecule has 0 radical (unpaired) electrons. The van der Waals surface area contributed by atoms with Gasteiger partial charge >= 0.3 is 0 Å². The highest BCUT2D eigenvalue weighted by Crippen LogP contribution is 2.49. The minimum Gasteiger partial charge on any atom is -0.272 e. The molecule has 5 heteroatoms. The fourth-order valence-electron chi connectivity index (χ4n) is 3.99. The maximum absolute atomic E-state index is 12.6. The number of allylic oxidation sites excluding steroid dienone is 2. The maximum Gasteiger partial charge on any atom is 0.254 e. The van der Waals surface area contributed by atoms with Crippen molar-refractivity contribution in [2.24, 2.45) is 28.8 Å². The Balaban J connectivity index is 1.60. The standard InChI is InChI=1S/C18H17BrN2O2/c1-10-2-3-11(8-14(10)19)9-20-21-17(22)15-12-4-5-13(7-6-12)16(15)18(21)23/h2-5,8-9,12-13,15-16H,6-7H2,1H3/b20-9-/t12-,13-,15+,16+/m1/s1. The Hall–Kier alpha value is -1.75. The first-order valence-corrected chi connectivity index (χ1v) is 8.72. The van der Waals surface area contributed by atoms with Crippen molar-refractivity contribution < 1.29 is 9.59 Å². The molecule has 1 aliphatic heterocycles. The number of halogens is 1. The number of rotatable bonds is 2. The molecule has 23 heavy (non-hydrogen) atoms. The lowest BCUT2D eigenvalue weighted by atomic mass is 9.63. The lowest BCUT2D eigenvalue weighted by Crippen LogP contribution is -2.38. The number of hydrazone groups is 1. The summed E-state index contributed by atoms with van der Waals surface area (Å²) in [6.45, 7) is 2.01. The minimum absolute atomic E-state index is 0.138. The zero-order chi connectivity index (χ0) is 16.1. The third kappa shape index (κ3) is 2.29. The minimum atomic E-state index is -0.201. The molecule has 5 rings (SSSR count). The summed E-state index contributed by atoms with van der Waals surface area (Å²) in [4.78, 5) is 25.3. The molecule has 1 heterocycles. The summed E-state index contributed by atoms with van der Waals surface area (Å²) in [6, 6.07) is 5.83. The summed E-state index contributed by atoms with van der Waals surface area (Å²) in [7, 11) is 0. The van der Waals surface area contributed by atoms with Crippen LogP contribution in [0.2, 0.25) is 0 Å². The molecule has 4 atom stereocenters. The molecule has 2 fully saturated rings. The van der Waals surface area contributed by atoms with Crippen molar-refractivity contribution in [3.05, 3.63) is 46.0 Å². The maximum atomic E-state index is 12.6. The number of imide groups is 1. The molecule has 0 spiro atoms. The average Bonchev–Trinajstić information content (AvgIpc) is 2.83. The van der Waals surface area contributed by atoms with Crippen LogP contribution >= 0.6 is 15.9 Å². The first-order chi connectivity index (χ1) is 11.1. The highest BCUT2D eigenvalue weighted by atomic mass is 79.9. The van der Waals surface area contributed by atoms with E-state index in [0.717, 1.165) is 33.5 Å². The summed E-state index contributed by atoms with van der Waals surface area (Å²) in [5.41, 5.74) is 1.99. The number of benzene rings is 1.